The number of rotatable bonds is 5. The SMILES string of the molecule is COc1ccc(C2=C(c3ccc(Oc4ccccc4)cc3)CCC(F)=C2C(F)(F)F)cc1. The zero-order valence-corrected chi connectivity index (χ0v) is 17.2. The monoisotopic (exact) mass is 440 g/mol. The molecule has 6 heteroatoms. The normalized spacial score (nSPS) is 14.5. The number of ether oxygens (including phenoxy) is 2. The summed E-state index contributed by atoms with van der Waals surface area (Å²) in [6.45, 7) is 0. The van der Waals surface area contributed by atoms with Crippen LogP contribution in [0.5, 0.6) is 17.2 Å². The van der Waals surface area contributed by atoms with E-state index in [-0.39, 0.29) is 24.0 Å². The molecule has 0 aromatic heterocycles. The van der Waals surface area contributed by atoms with Gasteiger partial charge in [-0.25, -0.2) is 4.39 Å². The Bertz CT molecular complexity index is 1140. The number of benzene rings is 3. The van der Waals surface area contributed by atoms with E-state index in [1.54, 1.807) is 36.4 Å². The Hall–Kier alpha value is -3.54. The van der Waals surface area contributed by atoms with Crippen LogP contribution in [0, 0.1) is 0 Å². The predicted molar refractivity (Wildman–Crippen MR) is 116 cm³/mol. The molecule has 3 aromatic rings. The Morgan fingerprint density at radius 3 is 1.84 bits per heavy atom. The largest absolute Gasteiger partial charge is 0.497 e. The van der Waals surface area contributed by atoms with Gasteiger partial charge in [-0.05, 0) is 59.5 Å². The molecule has 0 saturated heterocycles. The van der Waals surface area contributed by atoms with E-state index < -0.39 is 17.6 Å². The fourth-order valence-electron chi connectivity index (χ4n) is 3.78. The van der Waals surface area contributed by atoms with Gasteiger partial charge in [-0.1, -0.05) is 42.5 Å². The molecule has 3 aromatic carbocycles. The van der Waals surface area contributed by atoms with Crippen molar-refractivity contribution in [1.29, 1.82) is 0 Å². The fourth-order valence-corrected chi connectivity index (χ4v) is 3.78. The molecule has 1 aliphatic rings. The van der Waals surface area contributed by atoms with Crippen LogP contribution in [0.15, 0.2) is 90.3 Å². The van der Waals surface area contributed by atoms with Crippen molar-refractivity contribution in [2.75, 3.05) is 7.11 Å². The van der Waals surface area contributed by atoms with Crippen LogP contribution >= 0.6 is 0 Å². The smallest absolute Gasteiger partial charge is 0.419 e. The van der Waals surface area contributed by atoms with Crippen LogP contribution in [-0.2, 0) is 0 Å². The Labute approximate surface area is 183 Å². The third-order valence-electron chi connectivity index (χ3n) is 5.26. The van der Waals surface area contributed by atoms with E-state index in [0.29, 0.717) is 28.4 Å². The second kappa shape index (κ2) is 8.91. The highest BCUT2D eigenvalue weighted by Crippen LogP contribution is 2.48. The van der Waals surface area contributed by atoms with E-state index in [0.717, 1.165) is 0 Å². The van der Waals surface area contributed by atoms with Crippen LogP contribution in [-0.4, -0.2) is 13.3 Å². The number of para-hydroxylation sites is 1. The predicted octanol–water partition coefficient (Wildman–Crippen LogP) is 7.98. The molecular formula is C26H20F4O2. The molecule has 32 heavy (non-hydrogen) atoms. The summed E-state index contributed by atoms with van der Waals surface area (Å²) in [6.07, 6.45) is -4.96. The topological polar surface area (TPSA) is 18.5 Å². The van der Waals surface area contributed by atoms with Crippen molar-refractivity contribution in [3.8, 4) is 17.2 Å². The lowest BCUT2D eigenvalue weighted by Crippen LogP contribution is -2.18. The molecule has 0 bridgehead atoms. The maximum atomic E-state index is 14.5. The fraction of sp³-hybridized carbons (Fsp3) is 0.154. The van der Waals surface area contributed by atoms with Crippen LogP contribution in [0.3, 0.4) is 0 Å². The summed E-state index contributed by atoms with van der Waals surface area (Å²) in [4.78, 5) is 0. The molecule has 0 saturated carbocycles. The van der Waals surface area contributed by atoms with Crippen LogP contribution in [0.4, 0.5) is 17.6 Å². The lowest BCUT2D eigenvalue weighted by atomic mass is 9.82. The van der Waals surface area contributed by atoms with Gasteiger partial charge in [0.25, 0.3) is 0 Å². The molecule has 0 atom stereocenters. The van der Waals surface area contributed by atoms with Crippen LogP contribution in [0.2, 0.25) is 0 Å². The first-order chi connectivity index (χ1) is 15.4. The van der Waals surface area contributed by atoms with E-state index in [2.05, 4.69) is 0 Å². The standard InChI is InChI=1S/C26H20F4O2/c1-31-19-11-9-18(10-12-19)24-22(15-16-23(27)25(24)26(28,29)30)17-7-13-21(14-8-17)32-20-5-3-2-4-6-20/h2-14H,15-16H2,1H3. The minimum Gasteiger partial charge on any atom is -0.497 e. The molecule has 0 spiro atoms. The van der Waals surface area contributed by atoms with Crippen LogP contribution in [0.1, 0.15) is 24.0 Å². The Morgan fingerprint density at radius 1 is 0.688 bits per heavy atom. The Morgan fingerprint density at radius 2 is 1.25 bits per heavy atom. The number of alkyl halides is 3. The van der Waals surface area contributed by atoms with E-state index in [9.17, 15) is 17.6 Å². The van der Waals surface area contributed by atoms with Crippen molar-refractivity contribution in [2.45, 2.75) is 19.0 Å². The zero-order valence-electron chi connectivity index (χ0n) is 17.2. The molecule has 0 heterocycles. The van der Waals surface area contributed by atoms with Gasteiger partial charge in [-0.2, -0.15) is 13.2 Å². The number of methoxy groups -OCH3 is 1. The number of hydrogen-bond acceptors (Lipinski definition) is 2. The Kier molecular flexibility index (Phi) is 6.04. The summed E-state index contributed by atoms with van der Waals surface area (Å²) in [5.74, 6) is 0.573. The van der Waals surface area contributed by atoms with E-state index >= 15 is 0 Å². The average Bonchev–Trinajstić information content (AvgIpc) is 2.79. The lowest BCUT2D eigenvalue weighted by molar-refractivity contribution is -0.0891. The first kappa shape index (κ1) is 21.7. The summed E-state index contributed by atoms with van der Waals surface area (Å²) < 4.78 is 67.1. The molecule has 4 rings (SSSR count). The van der Waals surface area contributed by atoms with Gasteiger partial charge in [0, 0.05) is 12.0 Å². The number of allylic oxidation sites excluding steroid dienone is 4. The summed E-state index contributed by atoms with van der Waals surface area (Å²) in [6, 6.07) is 22.1. The van der Waals surface area contributed by atoms with Gasteiger partial charge in [0.15, 0.2) is 0 Å². The summed E-state index contributed by atoms with van der Waals surface area (Å²) in [5.41, 5.74) is -0.0395. The highest BCUT2D eigenvalue weighted by atomic mass is 19.4. The molecule has 0 aliphatic heterocycles. The van der Waals surface area contributed by atoms with Gasteiger partial charge in [0.05, 0.1) is 12.7 Å². The zero-order chi connectivity index (χ0) is 22.7. The summed E-state index contributed by atoms with van der Waals surface area (Å²) in [5, 5.41) is 0. The van der Waals surface area contributed by atoms with Crippen molar-refractivity contribution >= 4 is 11.1 Å². The maximum absolute atomic E-state index is 14.5. The minimum atomic E-state index is -4.82. The molecule has 1 aliphatic carbocycles. The maximum Gasteiger partial charge on any atom is 0.419 e. The van der Waals surface area contributed by atoms with Crippen molar-refractivity contribution < 1.29 is 27.0 Å². The molecule has 164 valence electrons. The van der Waals surface area contributed by atoms with E-state index in [4.69, 9.17) is 9.47 Å². The minimum absolute atomic E-state index is 0.138. The van der Waals surface area contributed by atoms with Crippen LogP contribution < -0.4 is 9.47 Å². The molecule has 0 unspecified atom stereocenters. The van der Waals surface area contributed by atoms with Gasteiger partial charge >= 0.3 is 6.18 Å². The van der Waals surface area contributed by atoms with Gasteiger partial charge in [-0.3, -0.25) is 0 Å². The van der Waals surface area contributed by atoms with Gasteiger partial charge in [0.2, 0.25) is 0 Å². The molecular weight excluding hydrogens is 420 g/mol. The van der Waals surface area contributed by atoms with Crippen molar-refractivity contribution in [3.05, 3.63) is 101 Å². The lowest BCUT2D eigenvalue weighted by Gasteiger charge is -2.26. The second-order valence-corrected chi connectivity index (χ2v) is 7.30. The third-order valence-corrected chi connectivity index (χ3v) is 5.26. The van der Waals surface area contributed by atoms with Crippen molar-refractivity contribution in [1.82, 2.24) is 0 Å². The average molecular weight is 440 g/mol. The third kappa shape index (κ3) is 4.54. The van der Waals surface area contributed by atoms with E-state index in [1.807, 2.05) is 30.3 Å². The van der Waals surface area contributed by atoms with Crippen molar-refractivity contribution in [3.63, 3.8) is 0 Å². The van der Waals surface area contributed by atoms with Crippen molar-refractivity contribution in [2.24, 2.45) is 0 Å². The van der Waals surface area contributed by atoms with E-state index in [1.165, 1.54) is 19.2 Å². The van der Waals surface area contributed by atoms with Gasteiger partial charge < -0.3 is 9.47 Å². The first-order valence-electron chi connectivity index (χ1n) is 10.0. The highest BCUT2D eigenvalue weighted by molar-refractivity contribution is 6.00. The number of halogens is 4. The molecule has 0 amide bonds. The first-order valence-corrected chi connectivity index (χ1v) is 10.0. The summed E-state index contributed by atoms with van der Waals surface area (Å²) >= 11 is 0. The highest BCUT2D eigenvalue weighted by Gasteiger charge is 2.42. The van der Waals surface area contributed by atoms with Gasteiger partial charge in [-0.15, -0.1) is 0 Å². The second-order valence-electron chi connectivity index (χ2n) is 7.30. The molecule has 0 fully saturated rings. The van der Waals surface area contributed by atoms with Crippen LogP contribution in [0.25, 0.3) is 11.1 Å². The quantitative estimate of drug-likeness (QED) is 0.375. The molecule has 2 nitrogen and oxygen atoms in total. The number of hydrogen-bond donors (Lipinski definition) is 0. The van der Waals surface area contributed by atoms with Gasteiger partial charge in [0.1, 0.15) is 23.1 Å². The molecule has 0 N–H and O–H groups in total. The summed E-state index contributed by atoms with van der Waals surface area (Å²) in [7, 11) is 1.47. The molecule has 0 radical (unpaired) electrons. The Balaban J connectivity index is 1.78.